The van der Waals surface area contributed by atoms with Gasteiger partial charge in [-0.25, -0.2) is 0 Å². The number of ketones is 1. The second-order valence-electron chi connectivity index (χ2n) is 8.68. The van der Waals surface area contributed by atoms with Gasteiger partial charge in [-0.1, -0.05) is 32.0 Å². The van der Waals surface area contributed by atoms with Gasteiger partial charge in [0.1, 0.15) is 0 Å². The maximum Gasteiger partial charge on any atom is 0.264 e. The van der Waals surface area contributed by atoms with E-state index in [0.717, 1.165) is 34.2 Å². The number of carbonyl (C=O) groups is 2. The number of likely N-dealkylation sites (N-methyl/N-ethyl adjacent to an activating group) is 1. The highest BCUT2D eigenvalue weighted by Gasteiger charge is 2.38. The third-order valence-corrected chi connectivity index (χ3v) is 7.22. The van der Waals surface area contributed by atoms with Crippen LogP contribution >= 0.6 is 11.3 Å². The van der Waals surface area contributed by atoms with Crippen LogP contribution in [0.5, 0.6) is 0 Å². The number of rotatable bonds is 4. The highest BCUT2D eigenvalue weighted by atomic mass is 32.1. The van der Waals surface area contributed by atoms with Crippen LogP contribution in [0.15, 0.2) is 48.2 Å². The molecular weight excluding hydrogens is 394 g/mol. The number of thiophene rings is 1. The summed E-state index contributed by atoms with van der Waals surface area (Å²) in [5.41, 5.74) is 3.26. The van der Waals surface area contributed by atoms with Crippen molar-refractivity contribution in [2.45, 2.75) is 26.2 Å². The molecule has 0 saturated carbocycles. The third kappa shape index (κ3) is 3.82. The van der Waals surface area contributed by atoms with Gasteiger partial charge in [-0.2, -0.15) is 0 Å². The molecule has 0 unspecified atom stereocenters. The van der Waals surface area contributed by atoms with Crippen molar-refractivity contribution in [2.24, 2.45) is 0 Å². The molecule has 1 amide bonds. The molecular formula is C24H29N3O2S. The van der Waals surface area contributed by atoms with Gasteiger partial charge < -0.3 is 9.80 Å². The first-order chi connectivity index (χ1) is 14.3. The molecule has 0 radical (unpaired) electrons. The summed E-state index contributed by atoms with van der Waals surface area (Å²) < 4.78 is 0. The van der Waals surface area contributed by atoms with Crippen molar-refractivity contribution in [1.29, 1.82) is 0 Å². The Morgan fingerprint density at radius 2 is 1.77 bits per heavy atom. The molecule has 3 heterocycles. The summed E-state index contributed by atoms with van der Waals surface area (Å²) in [6.07, 6.45) is 1.81. The van der Waals surface area contributed by atoms with Gasteiger partial charge in [0.2, 0.25) is 0 Å². The molecule has 0 aliphatic carbocycles. The molecule has 0 atom stereocenters. The van der Waals surface area contributed by atoms with E-state index in [9.17, 15) is 9.59 Å². The minimum absolute atomic E-state index is 0.105. The molecule has 158 valence electrons. The zero-order valence-corrected chi connectivity index (χ0v) is 19.0. The van der Waals surface area contributed by atoms with Gasteiger partial charge in [-0.3, -0.25) is 14.5 Å². The zero-order chi connectivity index (χ0) is 21.5. The van der Waals surface area contributed by atoms with Gasteiger partial charge in [0.05, 0.1) is 11.4 Å². The van der Waals surface area contributed by atoms with Gasteiger partial charge >= 0.3 is 0 Å². The molecule has 6 heteroatoms. The van der Waals surface area contributed by atoms with Gasteiger partial charge in [0.25, 0.3) is 5.91 Å². The quantitative estimate of drug-likeness (QED) is 0.704. The fraction of sp³-hybridized carbons (Fsp3) is 0.417. The molecule has 0 N–H and O–H groups in total. The topological polar surface area (TPSA) is 43.9 Å². The van der Waals surface area contributed by atoms with Gasteiger partial charge in [-0.15, -0.1) is 11.3 Å². The SMILES string of the molecule is Cc1ccc(C(=O)N2CCN(CC(=O)C=C3N(C)c4ccccc4C3(C)C)CC2)s1. The Hall–Kier alpha value is -2.44. The molecule has 0 bridgehead atoms. The molecule has 1 aromatic carbocycles. The van der Waals surface area contributed by atoms with E-state index < -0.39 is 0 Å². The molecule has 5 nitrogen and oxygen atoms in total. The molecule has 30 heavy (non-hydrogen) atoms. The minimum Gasteiger partial charge on any atom is -0.347 e. The van der Waals surface area contributed by atoms with Crippen molar-refractivity contribution in [3.05, 3.63) is 63.5 Å². The summed E-state index contributed by atoms with van der Waals surface area (Å²) >= 11 is 1.54. The van der Waals surface area contributed by atoms with E-state index >= 15 is 0 Å². The van der Waals surface area contributed by atoms with E-state index in [4.69, 9.17) is 0 Å². The highest BCUT2D eigenvalue weighted by Crippen LogP contribution is 2.46. The lowest BCUT2D eigenvalue weighted by molar-refractivity contribution is -0.116. The maximum absolute atomic E-state index is 12.9. The number of nitrogens with zero attached hydrogens (tertiary/aromatic N) is 3. The number of para-hydroxylation sites is 1. The minimum atomic E-state index is -0.190. The second-order valence-corrected chi connectivity index (χ2v) is 9.96. The van der Waals surface area contributed by atoms with Crippen LogP contribution in [0, 0.1) is 6.92 Å². The van der Waals surface area contributed by atoms with Crippen LogP contribution in [0.3, 0.4) is 0 Å². The standard InChI is InChI=1S/C24H29N3O2S/c1-17-9-10-21(30-17)23(29)27-13-11-26(12-14-27)16-18(28)15-22-24(2,3)19-7-5-6-8-20(19)25(22)4/h5-10,15H,11-14,16H2,1-4H3. The summed E-state index contributed by atoms with van der Waals surface area (Å²) in [5.74, 6) is 0.222. The normalized spacial score (nSPS) is 19.9. The lowest BCUT2D eigenvalue weighted by Gasteiger charge is -2.34. The Bertz CT molecular complexity index is 999. The molecule has 4 rings (SSSR count). The summed E-state index contributed by atoms with van der Waals surface area (Å²) in [7, 11) is 2.03. The number of carbonyl (C=O) groups excluding carboxylic acids is 2. The Kier molecular flexibility index (Phi) is 5.55. The van der Waals surface area contributed by atoms with E-state index in [1.54, 1.807) is 11.3 Å². The van der Waals surface area contributed by atoms with Crippen molar-refractivity contribution >= 4 is 28.7 Å². The van der Waals surface area contributed by atoms with Crippen molar-refractivity contribution < 1.29 is 9.59 Å². The van der Waals surface area contributed by atoms with Crippen LogP contribution in [0.4, 0.5) is 5.69 Å². The van der Waals surface area contributed by atoms with Crippen LogP contribution in [0.2, 0.25) is 0 Å². The number of piperazine rings is 1. The van der Waals surface area contributed by atoms with E-state index in [1.807, 2.05) is 43.1 Å². The average molecular weight is 424 g/mol. The molecule has 1 aromatic heterocycles. The average Bonchev–Trinajstić information content (AvgIpc) is 3.24. The Morgan fingerprint density at radius 1 is 1.07 bits per heavy atom. The lowest BCUT2D eigenvalue weighted by Crippen LogP contribution is -2.49. The molecule has 2 aromatic rings. The number of benzene rings is 1. The van der Waals surface area contributed by atoms with Crippen molar-refractivity contribution in [1.82, 2.24) is 9.80 Å². The van der Waals surface area contributed by atoms with E-state index in [2.05, 4.69) is 41.8 Å². The fourth-order valence-corrected chi connectivity index (χ4v) is 5.33. The first-order valence-corrected chi connectivity index (χ1v) is 11.3. The van der Waals surface area contributed by atoms with Crippen molar-refractivity contribution in [2.75, 3.05) is 44.7 Å². The van der Waals surface area contributed by atoms with Gasteiger partial charge in [0, 0.05) is 61.0 Å². The summed E-state index contributed by atoms with van der Waals surface area (Å²) in [4.78, 5) is 33.6. The van der Waals surface area contributed by atoms with Crippen LogP contribution in [-0.2, 0) is 10.2 Å². The summed E-state index contributed by atoms with van der Waals surface area (Å²) in [5, 5.41) is 0. The van der Waals surface area contributed by atoms with Crippen molar-refractivity contribution in [3.8, 4) is 0 Å². The molecule has 2 aliphatic heterocycles. The zero-order valence-electron chi connectivity index (χ0n) is 18.1. The summed E-state index contributed by atoms with van der Waals surface area (Å²) in [6, 6.07) is 12.2. The predicted octanol–water partition coefficient (Wildman–Crippen LogP) is 3.69. The van der Waals surface area contributed by atoms with Crippen LogP contribution in [-0.4, -0.2) is 61.3 Å². The number of anilines is 1. The first-order valence-electron chi connectivity index (χ1n) is 10.4. The van der Waals surface area contributed by atoms with Gasteiger partial charge in [-0.05, 0) is 30.7 Å². The Morgan fingerprint density at radius 3 is 2.40 bits per heavy atom. The predicted molar refractivity (Wildman–Crippen MR) is 122 cm³/mol. The van der Waals surface area contributed by atoms with Crippen LogP contribution < -0.4 is 4.90 Å². The molecule has 0 spiro atoms. The monoisotopic (exact) mass is 423 g/mol. The number of hydrogen-bond acceptors (Lipinski definition) is 5. The maximum atomic E-state index is 12.9. The number of amides is 1. The Labute approximate surface area is 182 Å². The van der Waals surface area contributed by atoms with E-state index in [1.165, 1.54) is 5.56 Å². The smallest absolute Gasteiger partial charge is 0.264 e. The largest absolute Gasteiger partial charge is 0.347 e. The van der Waals surface area contributed by atoms with Gasteiger partial charge in [0.15, 0.2) is 5.78 Å². The van der Waals surface area contributed by atoms with Crippen LogP contribution in [0.1, 0.15) is 34.0 Å². The molecule has 1 saturated heterocycles. The number of hydrogen-bond donors (Lipinski definition) is 0. The van der Waals surface area contributed by atoms with Crippen LogP contribution in [0.25, 0.3) is 0 Å². The number of aryl methyl sites for hydroxylation is 1. The molecule has 2 aliphatic rings. The fourth-order valence-electron chi connectivity index (χ4n) is 4.49. The third-order valence-electron chi connectivity index (χ3n) is 6.23. The van der Waals surface area contributed by atoms with E-state index in [-0.39, 0.29) is 17.1 Å². The number of allylic oxidation sites excluding steroid dienone is 1. The summed E-state index contributed by atoms with van der Waals surface area (Å²) in [6.45, 7) is 9.53. The first kappa shape index (κ1) is 20.8. The second kappa shape index (κ2) is 8.00. The van der Waals surface area contributed by atoms with E-state index in [0.29, 0.717) is 19.6 Å². The number of fused-ring (bicyclic) bond motifs is 1. The molecule has 1 fully saturated rings. The Balaban J connectivity index is 1.37. The van der Waals surface area contributed by atoms with Crippen molar-refractivity contribution in [3.63, 3.8) is 0 Å². The lowest BCUT2D eigenvalue weighted by atomic mass is 9.83. The highest BCUT2D eigenvalue weighted by molar-refractivity contribution is 7.13.